The Balaban J connectivity index is -0.000000257. The summed E-state index contributed by atoms with van der Waals surface area (Å²) in [4.78, 5) is 4.42. The van der Waals surface area contributed by atoms with E-state index in [1.165, 1.54) is 70.9 Å². The fraction of sp³-hybridized carbons (Fsp3) is 0.800. The average Bonchev–Trinajstić information content (AvgIpc) is 3.15. The maximum absolute atomic E-state index is 3.72. The van der Waals surface area contributed by atoms with Crippen LogP contribution in [0.15, 0.2) is 12.7 Å². The number of nitrogens with zero attached hydrogens (tertiary/aromatic N) is 2. The summed E-state index contributed by atoms with van der Waals surface area (Å²) in [5.74, 6) is 0.806. The molecule has 0 heterocycles. The summed E-state index contributed by atoms with van der Waals surface area (Å²) in [5, 5.41) is 0. The molecular weight excluding hydrogens is 324 g/mol. The van der Waals surface area contributed by atoms with Gasteiger partial charge < -0.3 is 23.6 Å². The van der Waals surface area contributed by atoms with Crippen molar-refractivity contribution in [1.82, 2.24) is 9.80 Å². The quantitative estimate of drug-likeness (QED) is 0.381. The number of allylic oxidation sites excluding steroid dienone is 1. The van der Waals surface area contributed by atoms with Crippen LogP contribution in [0, 0.1) is 19.8 Å². The zero-order valence-corrected chi connectivity index (χ0v) is 17.6. The van der Waals surface area contributed by atoms with Crippen LogP contribution in [0.5, 0.6) is 0 Å². The van der Waals surface area contributed by atoms with Crippen molar-refractivity contribution in [3.8, 4) is 0 Å². The Morgan fingerprint density at radius 1 is 0.957 bits per heavy atom. The minimum absolute atomic E-state index is 0. The van der Waals surface area contributed by atoms with E-state index in [9.17, 15) is 0 Å². The Hall–Kier alpha value is 0.179. The molecule has 1 unspecified atom stereocenters. The maximum atomic E-state index is 3.72. The number of hydrogen-bond acceptors (Lipinski definition) is 2. The molecule has 0 amide bonds. The van der Waals surface area contributed by atoms with E-state index in [1.54, 1.807) is 0 Å². The average molecular weight is 366 g/mol. The van der Waals surface area contributed by atoms with Crippen LogP contribution in [-0.4, -0.2) is 51.1 Å². The Kier molecular flexibility index (Phi) is 24.6. The van der Waals surface area contributed by atoms with Crippen molar-refractivity contribution < 1.29 is 17.1 Å². The molecule has 2 aliphatic carbocycles. The first-order chi connectivity index (χ1) is 10.1. The van der Waals surface area contributed by atoms with Gasteiger partial charge in [0.2, 0.25) is 0 Å². The molecule has 139 valence electrons. The summed E-state index contributed by atoms with van der Waals surface area (Å²) in [6.45, 7) is 6.11. The van der Waals surface area contributed by atoms with E-state index in [0.717, 1.165) is 5.92 Å². The van der Waals surface area contributed by atoms with Gasteiger partial charge in [0.25, 0.3) is 0 Å². The van der Waals surface area contributed by atoms with Crippen molar-refractivity contribution in [3.05, 3.63) is 26.5 Å². The molecule has 0 saturated heterocycles. The van der Waals surface area contributed by atoms with Crippen molar-refractivity contribution >= 4 is 0 Å². The molecule has 3 heteroatoms. The second-order valence-corrected chi connectivity index (χ2v) is 6.83. The predicted molar refractivity (Wildman–Crippen MR) is 103 cm³/mol. The molecule has 0 spiro atoms. The summed E-state index contributed by atoms with van der Waals surface area (Å²) in [7, 11) is 8.43. The van der Waals surface area contributed by atoms with E-state index in [4.69, 9.17) is 0 Å². The predicted octanol–water partition coefficient (Wildman–Crippen LogP) is 5.07. The van der Waals surface area contributed by atoms with Crippen LogP contribution < -0.4 is 0 Å². The van der Waals surface area contributed by atoms with Gasteiger partial charge in [-0.3, -0.25) is 0 Å². The SMILES string of the molecule is C1CCCC1.C=CC1C[CH-]CC1.CN(C)CCCN(C)C.[CH3-].[Fe+3]. The van der Waals surface area contributed by atoms with Crippen LogP contribution in [0.2, 0.25) is 0 Å². The summed E-state index contributed by atoms with van der Waals surface area (Å²) in [5.41, 5.74) is 0. The van der Waals surface area contributed by atoms with Gasteiger partial charge in [0.15, 0.2) is 0 Å². The third kappa shape index (κ3) is 22.2. The van der Waals surface area contributed by atoms with E-state index >= 15 is 0 Å². The van der Waals surface area contributed by atoms with Gasteiger partial charge in [-0.25, -0.2) is 0 Å². The zero-order chi connectivity index (χ0) is 15.9. The molecule has 0 aromatic rings. The van der Waals surface area contributed by atoms with Crippen molar-refractivity contribution in [2.45, 2.75) is 57.8 Å². The van der Waals surface area contributed by atoms with Crippen LogP contribution in [0.25, 0.3) is 0 Å². The fourth-order valence-electron chi connectivity index (χ4n) is 2.58. The molecule has 2 fully saturated rings. The molecule has 1 radical (unpaired) electrons. The number of rotatable bonds is 5. The molecule has 2 rings (SSSR count). The van der Waals surface area contributed by atoms with Gasteiger partial charge in [0.05, 0.1) is 0 Å². The first-order valence-electron chi connectivity index (χ1n) is 8.80. The number of hydrogen-bond donors (Lipinski definition) is 0. The second kappa shape index (κ2) is 20.2. The molecular formula is C20H42FeN2+. The molecule has 2 aliphatic rings. The first kappa shape index (κ1) is 28.0. The Morgan fingerprint density at radius 2 is 1.39 bits per heavy atom. The van der Waals surface area contributed by atoms with E-state index in [-0.39, 0.29) is 24.5 Å². The van der Waals surface area contributed by atoms with Crippen LogP contribution in [0.3, 0.4) is 0 Å². The Bertz CT molecular complexity index is 204. The van der Waals surface area contributed by atoms with E-state index in [2.05, 4.69) is 57.1 Å². The van der Waals surface area contributed by atoms with Crippen molar-refractivity contribution in [3.63, 3.8) is 0 Å². The van der Waals surface area contributed by atoms with E-state index in [0.29, 0.717) is 0 Å². The fourth-order valence-corrected chi connectivity index (χ4v) is 2.58. The zero-order valence-electron chi connectivity index (χ0n) is 16.5. The monoisotopic (exact) mass is 366 g/mol. The van der Waals surface area contributed by atoms with Crippen LogP contribution in [0.4, 0.5) is 0 Å². The van der Waals surface area contributed by atoms with Crippen molar-refractivity contribution in [2.24, 2.45) is 5.92 Å². The molecule has 23 heavy (non-hydrogen) atoms. The van der Waals surface area contributed by atoms with Crippen molar-refractivity contribution in [1.29, 1.82) is 0 Å². The maximum Gasteiger partial charge on any atom is 3.00 e. The molecule has 0 aromatic heterocycles. The minimum Gasteiger partial charge on any atom is -0.358 e. The summed E-state index contributed by atoms with van der Waals surface area (Å²) < 4.78 is 0. The third-order valence-electron chi connectivity index (χ3n) is 4.00. The van der Waals surface area contributed by atoms with Gasteiger partial charge >= 0.3 is 17.1 Å². The summed E-state index contributed by atoms with van der Waals surface area (Å²) in [6, 6.07) is 0. The Morgan fingerprint density at radius 3 is 1.61 bits per heavy atom. The Labute approximate surface area is 158 Å². The second-order valence-electron chi connectivity index (χ2n) is 6.83. The van der Waals surface area contributed by atoms with Crippen molar-refractivity contribution in [2.75, 3.05) is 41.3 Å². The normalized spacial score (nSPS) is 19.0. The van der Waals surface area contributed by atoms with Gasteiger partial charge in [-0.1, -0.05) is 50.5 Å². The third-order valence-corrected chi connectivity index (χ3v) is 4.00. The van der Waals surface area contributed by atoms with E-state index < -0.39 is 0 Å². The van der Waals surface area contributed by atoms with Gasteiger partial charge in [-0.15, -0.1) is 6.58 Å². The summed E-state index contributed by atoms with van der Waals surface area (Å²) >= 11 is 0. The summed E-state index contributed by atoms with van der Waals surface area (Å²) in [6.07, 6.45) is 17.1. The van der Waals surface area contributed by atoms with Gasteiger partial charge in [-0.2, -0.15) is 12.8 Å². The van der Waals surface area contributed by atoms with Crippen LogP contribution >= 0.6 is 0 Å². The topological polar surface area (TPSA) is 6.48 Å². The van der Waals surface area contributed by atoms with E-state index in [1.807, 2.05) is 0 Å². The van der Waals surface area contributed by atoms with Crippen LogP contribution in [0.1, 0.15) is 57.8 Å². The molecule has 2 nitrogen and oxygen atoms in total. The van der Waals surface area contributed by atoms with Gasteiger partial charge in [0.1, 0.15) is 0 Å². The standard InChI is InChI=1S/C7H18N2.C7H11.C5H10.CH3.Fe/c1-8(2)6-5-7-9(3)4;1-2-7-5-3-4-6-7;1-2-4-5-3-1;;/h5-7H2,1-4H3;2-3,7H,1,4-6H2;1-5H2;1H3;/q;-1;;-1;+3. The molecule has 0 aromatic carbocycles. The molecule has 2 saturated carbocycles. The van der Waals surface area contributed by atoms with Gasteiger partial charge in [0, 0.05) is 0 Å². The van der Waals surface area contributed by atoms with Gasteiger partial charge in [-0.05, 0) is 47.7 Å². The molecule has 0 aliphatic heterocycles. The smallest absolute Gasteiger partial charge is 0.358 e. The largest absolute Gasteiger partial charge is 3.00 e. The van der Waals surface area contributed by atoms with Crippen LogP contribution in [-0.2, 0) is 17.1 Å². The minimum atomic E-state index is 0. The molecule has 1 atom stereocenters. The molecule has 0 bridgehead atoms. The molecule has 0 N–H and O–H groups in total. The first-order valence-corrected chi connectivity index (χ1v) is 8.80.